The van der Waals surface area contributed by atoms with E-state index in [0.29, 0.717) is 0 Å². The third-order valence-corrected chi connectivity index (χ3v) is 6.29. The highest BCUT2D eigenvalue weighted by molar-refractivity contribution is 8.00. The largest absolute Gasteiger partial charge is 0.497 e. The molecule has 0 saturated heterocycles. The standard InChI is InChI=1S/C21H22N2O2S/c1-4-23(5-2)21(24)20-18-14-11-10-13(25-3)12-16(14)22-19(18)15-8-6-7-9-17(15)26-20/h6-12,20,22H,4-5H2,1-3H3. The summed E-state index contributed by atoms with van der Waals surface area (Å²) in [6.45, 7) is 5.51. The first-order valence-corrected chi connectivity index (χ1v) is 9.80. The Hall–Kier alpha value is -2.40. The van der Waals surface area contributed by atoms with Gasteiger partial charge in [0.2, 0.25) is 5.91 Å². The summed E-state index contributed by atoms with van der Waals surface area (Å²) in [7, 11) is 1.67. The average Bonchev–Trinajstić information content (AvgIpc) is 3.07. The number of carbonyl (C=O) groups excluding carboxylic acids is 1. The Morgan fingerprint density at radius 3 is 2.69 bits per heavy atom. The van der Waals surface area contributed by atoms with Gasteiger partial charge >= 0.3 is 0 Å². The van der Waals surface area contributed by atoms with E-state index in [1.165, 1.54) is 0 Å². The lowest BCUT2D eigenvalue weighted by molar-refractivity contribution is -0.130. The molecule has 2 heterocycles. The number of nitrogens with one attached hydrogen (secondary N) is 1. The van der Waals surface area contributed by atoms with Crippen molar-refractivity contribution in [3.8, 4) is 17.0 Å². The number of likely N-dealkylation sites (N-methyl/N-ethyl adjacent to an activating group) is 1. The normalized spacial score (nSPS) is 15.4. The third-order valence-electron chi connectivity index (χ3n) is 5.01. The van der Waals surface area contributed by atoms with Gasteiger partial charge in [0.25, 0.3) is 0 Å². The molecule has 2 aromatic carbocycles. The maximum atomic E-state index is 13.3. The quantitative estimate of drug-likeness (QED) is 0.717. The fourth-order valence-electron chi connectivity index (χ4n) is 3.65. The maximum Gasteiger partial charge on any atom is 0.240 e. The molecule has 1 N–H and O–H groups in total. The number of fused-ring (bicyclic) bond motifs is 5. The summed E-state index contributed by atoms with van der Waals surface area (Å²) in [6, 6.07) is 14.3. The molecule has 0 aliphatic carbocycles. The molecule has 1 aromatic heterocycles. The van der Waals surface area contributed by atoms with Gasteiger partial charge in [-0.3, -0.25) is 4.79 Å². The highest BCUT2D eigenvalue weighted by Crippen LogP contribution is 2.52. The Kier molecular flexibility index (Phi) is 4.41. The predicted octanol–water partition coefficient (Wildman–Crippen LogP) is 4.86. The highest BCUT2D eigenvalue weighted by Gasteiger charge is 2.35. The van der Waals surface area contributed by atoms with E-state index in [9.17, 15) is 4.79 Å². The monoisotopic (exact) mass is 366 g/mol. The third kappa shape index (κ3) is 2.58. The van der Waals surface area contributed by atoms with Crippen LogP contribution in [0.3, 0.4) is 0 Å². The first kappa shape index (κ1) is 17.0. The molecule has 0 radical (unpaired) electrons. The van der Waals surface area contributed by atoms with E-state index in [2.05, 4.69) is 23.2 Å². The second-order valence-corrected chi connectivity index (χ2v) is 7.48. The van der Waals surface area contributed by atoms with Crippen LogP contribution < -0.4 is 4.74 Å². The van der Waals surface area contributed by atoms with Gasteiger partial charge in [0.05, 0.1) is 12.8 Å². The number of ether oxygens (including phenoxy) is 1. The summed E-state index contributed by atoms with van der Waals surface area (Å²) in [6.07, 6.45) is 0. The predicted molar refractivity (Wildman–Crippen MR) is 107 cm³/mol. The van der Waals surface area contributed by atoms with Crippen LogP contribution in [0.1, 0.15) is 24.7 Å². The number of nitrogens with zero attached hydrogens (tertiary/aromatic N) is 1. The van der Waals surface area contributed by atoms with Crippen molar-refractivity contribution in [3.05, 3.63) is 48.0 Å². The SMILES string of the molecule is CCN(CC)C(=O)C1Sc2ccccc2-c2[nH]c3cc(OC)ccc3c21. The Labute approximate surface area is 157 Å². The molecule has 3 aromatic rings. The maximum absolute atomic E-state index is 13.3. The number of methoxy groups -OCH3 is 1. The van der Waals surface area contributed by atoms with Crippen LogP contribution in [0.25, 0.3) is 22.2 Å². The summed E-state index contributed by atoms with van der Waals surface area (Å²) in [5, 5.41) is 0.857. The average molecular weight is 366 g/mol. The summed E-state index contributed by atoms with van der Waals surface area (Å²) in [5.74, 6) is 0.983. The van der Waals surface area contributed by atoms with Gasteiger partial charge in [-0.05, 0) is 32.0 Å². The molecular weight excluding hydrogens is 344 g/mol. The van der Waals surface area contributed by atoms with Gasteiger partial charge in [-0.1, -0.05) is 18.2 Å². The Bertz CT molecular complexity index is 975. The van der Waals surface area contributed by atoms with Gasteiger partial charge in [-0.2, -0.15) is 0 Å². The molecule has 0 saturated carbocycles. The van der Waals surface area contributed by atoms with Gasteiger partial charge in [0, 0.05) is 46.1 Å². The summed E-state index contributed by atoms with van der Waals surface area (Å²) in [5.41, 5.74) is 4.30. The van der Waals surface area contributed by atoms with Gasteiger partial charge < -0.3 is 14.6 Å². The lowest BCUT2D eigenvalue weighted by Crippen LogP contribution is -2.34. The van der Waals surface area contributed by atoms with Crippen molar-refractivity contribution in [2.75, 3.05) is 20.2 Å². The number of thioether (sulfide) groups is 1. The number of aromatic amines is 1. The summed E-state index contributed by atoms with van der Waals surface area (Å²) < 4.78 is 5.37. The molecule has 0 bridgehead atoms. The molecule has 1 unspecified atom stereocenters. The summed E-state index contributed by atoms with van der Waals surface area (Å²) >= 11 is 1.65. The van der Waals surface area contributed by atoms with Crippen molar-refractivity contribution in [1.29, 1.82) is 0 Å². The molecule has 4 rings (SSSR count). The van der Waals surface area contributed by atoms with E-state index in [4.69, 9.17) is 4.74 Å². The Morgan fingerprint density at radius 2 is 1.96 bits per heavy atom. The zero-order valence-electron chi connectivity index (χ0n) is 15.2. The number of carbonyl (C=O) groups is 1. The molecule has 0 fully saturated rings. The van der Waals surface area contributed by atoms with Crippen LogP contribution in [-0.4, -0.2) is 36.0 Å². The van der Waals surface area contributed by atoms with Crippen LogP contribution in [0, 0.1) is 0 Å². The van der Waals surface area contributed by atoms with Crippen LogP contribution in [0.2, 0.25) is 0 Å². The first-order chi connectivity index (χ1) is 12.7. The van der Waals surface area contributed by atoms with Crippen molar-refractivity contribution >= 4 is 28.6 Å². The van der Waals surface area contributed by atoms with E-state index in [0.717, 1.165) is 51.5 Å². The van der Waals surface area contributed by atoms with Crippen LogP contribution in [-0.2, 0) is 4.79 Å². The number of hydrogen-bond acceptors (Lipinski definition) is 3. The molecule has 134 valence electrons. The Balaban J connectivity index is 1.94. The van der Waals surface area contributed by atoms with Crippen molar-refractivity contribution in [3.63, 3.8) is 0 Å². The van der Waals surface area contributed by atoms with Crippen LogP contribution in [0.5, 0.6) is 5.75 Å². The number of hydrogen-bond donors (Lipinski definition) is 1. The zero-order valence-corrected chi connectivity index (χ0v) is 16.0. The van der Waals surface area contributed by atoms with Crippen LogP contribution in [0.15, 0.2) is 47.4 Å². The number of aromatic nitrogens is 1. The lowest BCUT2D eigenvalue weighted by Gasteiger charge is -2.29. The second kappa shape index (κ2) is 6.72. The number of H-pyrrole nitrogens is 1. The van der Waals surface area contributed by atoms with Crippen molar-refractivity contribution < 1.29 is 9.53 Å². The van der Waals surface area contributed by atoms with Gasteiger partial charge in [-0.15, -0.1) is 11.8 Å². The molecule has 0 spiro atoms. The van der Waals surface area contributed by atoms with E-state index in [1.54, 1.807) is 18.9 Å². The number of rotatable bonds is 4. The van der Waals surface area contributed by atoms with Gasteiger partial charge in [-0.25, -0.2) is 0 Å². The van der Waals surface area contributed by atoms with E-state index in [1.807, 2.05) is 43.0 Å². The van der Waals surface area contributed by atoms with E-state index >= 15 is 0 Å². The van der Waals surface area contributed by atoms with Crippen molar-refractivity contribution in [1.82, 2.24) is 9.88 Å². The van der Waals surface area contributed by atoms with Gasteiger partial charge in [0.15, 0.2) is 0 Å². The topological polar surface area (TPSA) is 45.3 Å². The molecule has 26 heavy (non-hydrogen) atoms. The molecule has 5 heteroatoms. The number of amides is 1. The second-order valence-electron chi connectivity index (χ2n) is 6.33. The van der Waals surface area contributed by atoms with E-state index in [-0.39, 0.29) is 11.2 Å². The molecule has 1 aliphatic heterocycles. The first-order valence-electron chi connectivity index (χ1n) is 8.92. The lowest BCUT2D eigenvalue weighted by atomic mass is 10.0. The van der Waals surface area contributed by atoms with Crippen LogP contribution in [0.4, 0.5) is 0 Å². The summed E-state index contributed by atoms with van der Waals surface area (Å²) in [4.78, 5) is 19.9. The molecule has 1 aliphatic rings. The Morgan fingerprint density at radius 1 is 1.19 bits per heavy atom. The van der Waals surface area contributed by atoms with Crippen LogP contribution >= 0.6 is 11.8 Å². The minimum Gasteiger partial charge on any atom is -0.497 e. The van der Waals surface area contributed by atoms with Crippen molar-refractivity contribution in [2.45, 2.75) is 24.0 Å². The fourth-order valence-corrected chi connectivity index (χ4v) is 4.97. The highest BCUT2D eigenvalue weighted by atomic mass is 32.2. The zero-order chi connectivity index (χ0) is 18.3. The number of benzene rings is 2. The molecule has 1 atom stereocenters. The minimum absolute atomic E-state index is 0.174. The minimum atomic E-state index is -0.234. The molecule has 1 amide bonds. The molecular formula is C21H22N2O2S. The molecule has 4 nitrogen and oxygen atoms in total. The fraction of sp³-hybridized carbons (Fsp3) is 0.286. The van der Waals surface area contributed by atoms with Gasteiger partial charge in [0.1, 0.15) is 11.0 Å². The smallest absolute Gasteiger partial charge is 0.240 e. The van der Waals surface area contributed by atoms with E-state index < -0.39 is 0 Å². The van der Waals surface area contributed by atoms with Crippen molar-refractivity contribution in [2.24, 2.45) is 0 Å².